The van der Waals surface area contributed by atoms with E-state index in [0.717, 1.165) is 19.0 Å². The topological polar surface area (TPSA) is 26.7 Å². The third-order valence-electron chi connectivity index (χ3n) is 3.30. The van der Waals surface area contributed by atoms with Crippen molar-refractivity contribution in [3.05, 3.63) is 29.3 Å². The smallest absolute Gasteiger partial charge is 0.392 e. The van der Waals surface area contributed by atoms with Gasteiger partial charge in [-0.1, -0.05) is 6.07 Å². The molecule has 0 aliphatic rings. The highest BCUT2D eigenvalue weighted by Gasteiger charge is 2.34. The molecule has 0 bridgehead atoms. The van der Waals surface area contributed by atoms with Crippen molar-refractivity contribution >= 4 is 5.69 Å². The molecule has 21 heavy (non-hydrogen) atoms. The normalized spacial score (nSPS) is 12.0. The van der Waals surface area contributed by atoms with Crippen molar-refractivity contribution < 1.29 is 18.3 Å². The van der Waals surface area contributed by atoms with Crippen LogP contribution < -0.4 is 4.90 Å². The number of aliphatic hydroxyl groups is 1. The van der Waals surface area contributed by atoms with Crippen LogP contribution in [0.1, 0.15) is 24.5 Å². The van der Waals surface area contributed by atoms with Crippen molar-refractivity contribution in [3.63, 3.8) is 0 Å². The molecule has 1 aromatic carbocycles. The molecule has 0 amide bonds. The Morgan fingerprint density at radius 1 is 1.14 bits per heavy atom. The summed E-state index contributed by atoms with van der Waals surface area (Å²) in [6.07, 6.45) is -3.63. The number of anilines is 1. The van der Waals surface area contributed by atoms with Crippen LogP contribution in [0.3, 0.4) is 0 Å². The van der Waals surface area contributed by atoms with Crippen LogP contribution in [-0.4, -0.2) is 43.7 Å². The Labute approximate surface area is 124 Å². The Morgan fingerprint density at radius 2 is 1.81 bits per heavy atom. The molecule has 0 fully saturated rings. The molecule has 3 nitrogen and oxygen atoms in total. The maximum absolute atomic E-state index is 13.2. The highest BCUT2D eigenvalue weighted by Crippen LogP contribution is 2.37. The van der Waals surface area contributed by atoms with Crippen LogP contribution in [0.2, 0.25) is 0 Å². The van der Waals surface area contributed by atoms with Crippen molar-refractivity contribution in [2.75, 3.05) is 38.6 Å². The van der Waals surface area contributed by atoms with Crippen LogP contribution in [0.4, 0.5) is 18.9 Å². The average molecular weight is 304 g/mol. The monoisotopic (exact) mass is 304 g/mol. The second kappa shape index (κ2) is 7.66. The molecule has 6 heteroatoms. The number of benzene rings is 1. The van der Waals surface area contributed by atoms with Gasteiger partial charge in [0.1, 0.15) is 0 Å². The summed E-state index contributed by atoms with van der Waals surface area (Å²) >= 11 is 0. The first-order valence-electron chi connectivity index (χ1n) is 7.00. The maximum atomic E-state index is 13.2. The van der Waals surface area contributed by atoms with E-state index in [-0.39, 0.29) is 11.3 Å². The summed E-state index contributed by atoms with van der Waals surface area (Å²) in [7, 11) is 3.88. The van der Waals surface area contributed by atoms with Gasteiger partial charge in [-0.25, -0.2) is 0 Å². The van der Waals surface area contributed by atoms with Crippen molar-refractivity contribution in [2.24, 2.45) is 0 Å². The van der Waals surface area contributed by atoms with E-state index in [2.05, 4.69) is 0 Å². The van der Waals surface area contributed by atoms with Gasteiger partial charge in [-0.2, -0.15) is 13.2 Å². The Hall–Kier alpha value is -1.27. The summed E-state index contributed by atoms with van der Waals surface area (Å²) in [6.45, 7) is 3.35. The lowest BCUT2D eigenvalue weighted by Gasteiger charge is -2.27. The summed E-state index contributed by atoms with van der Waals surface area (Å²) in [5, 5.41) is 9.03. The molecule has 120 valence electrons. The van der Waals surface area contributed by atoms with Gasteiger partial charge in [0.15, 0.2) is 0 Å². The number of halogens is 3. The van der Waals surface area contributed by atoms with E-state index in [0.29, 0.717) is 13.1 Å². The third kappa shape index (κ3) is 5.21. The molecule has 0 saturated carbocycles. The van der Waals surface area contributed by atoms with Gasteiger partial charge in [-0.05, 0) is 51.7 Å². The predicted octanol–water partition coefficient (Wildman–Crippen LogP) is 2.98. The zero-order chi connectivity index (χ0) is 16.0. The predicted molar refractivity (Wildman–Crippen MR) is 78.4 cm³/mol. The molecule has 0 aliphatic carbocycles. The van der Waals surface area contributed by atoms with Crippen LogP contribution in [0, 0.1) is 0 Å². The summed E-state index contributed by atoms with van der Waals surface area (Å²) < 4.78 is 39.6. The zero-order valence-corrected chi connectivity index (χ0v) is 12.7. The molecular weight excluding hydrogens is 281 g/mol. The quantitative estimate of drug-likeness (QED) is 0.839. The van der Waals surface area contributed by atoms with Crippen molar-refractivity contribution in [1.82, 2.24) is 4.90 Å². The van der Waals surface area contributed by atoms with E-state index in [1.807, 2.05) is 25.9 Å². The lowest BCUT2D eigenvalue weighted by Crippen LogP contribution is -2.29. The molecule has 0 aliphatic heterocycles. The lowest BCUT2D eigenvalue weighted by molar-refractivity contribution is -0.137. The number of hydrogen-bond acceptors (Lipinski definition) is 3. The van der Waals surface area contributed by atoms with Crippen molar-refractivity contribution in [2.45, 2.75) is 26.1 Å². The van der Waals surface area contributed by atoms with Crippen molar-refractivity contribution in [3.8, 4) is 0 Å². The van der Waals surface area contributed by atoms with Gasteiger partial charge < -0.3 is 14.9 Å². The molecule has 1 rings (SSSR count). The molecule has 0 unspecified atom stereocenters. The Kier molecular flexibility index (Phi) is 6.48. The molecule has 1 aromatic rings. The minimum atomic E-state index is -4.42. The molecule has 0 saturated heterocycles. The standard InChI is InChI=1S/C15H23F3N2O/c1-4-20(9-5-8-19(2)3)14-7-6-12(11-21)10-13(14)15(16,17)18/h6-7,10,21H,4-5,8-9,11H2,1-3H3. The number of rotatable bonds is 7. The molecule has 0 radical (unpaired) electrons. The number of hydrogen-bond donors (Lipinski definition) is 1. The zero-order valence-electron chi connectivity index (χ0n) is 12.7. The summed E-state index contributed by atoms with van der Waals surface area (Å²) in [5.41, 5.74) is -0.225. The van der Waals surface area contributed by atoms with Crippen LogP contribution >= 0.6 is 0 Å². The Morgan fingerprint density at radius 3 is 2.29 bits per heavy atom. The SMILES string of the molecule is CCN(CCCN(C)C)c1ccc(CO)cc1C(F)(F)F. The van der Waals surface area contributed by atoms with Gasteiger partial charge >= 0.3 is 6.18 Å². The van der Waals surface area contributed by atoms with Crippen LogP contribution in [0.5, 0.6) is 0 Å². The Balaban J connectivity index is 3.02. The first-order valence-corrected chi connectivity index (χ1v) is 7.00. The third-order valence-corrected chi connectivity index (χ3v) is 3.30. The fraction of sp³-hybridized carbons (Fsp3) is 0.600. The Bertz CT molecular complexity index is 447. The largest absolute Gasteiger partial charge is 0.418 e. The van der Waals surface area contributed by atoms with Gasteiger partial charge in [0.2, 0.25) is 0 Å². The molecule has 1 N–H and O–H groups in total. The van der Waals surface area contributed by atoms with Gasteiger partial charge in [0, 0.05) is 18.8 Å². The number of nitrogens with zero attached hydrogens (tertiary/aromatic N) is 2. The molecule has 0 atom stereocenters. The molecule has 0 spiro atoms. The van der Waals surface area contributed by atoms with E-state index in [1.165, 1.54) is 6.07 Å². The first-order chi connectivity index (χ1) is 9.79. The number of alkyl halides is 3. The summed E-state index contributed by atoms with van der Waals surface area (Å²) in [6, 6.07) is 4.02. The fourth-order valence-corrected chi connectivity index (χ4v) is 2.21. The fourth-order valence-electron chi connectivity index (χ4n) is 2.21. The van der Waals surface area contributed by atoms with Crippen molar-refractivity contribution in [1.29, 1.82) is 0 Å². The molecule has 0 aromatic heterocycles. The second-order valence-corrected chi connectivity index (χ2v) is 5.24. The molecular formula is C15H23F3N2O. The summed E-state index contributed by atoms with van der Waals surface area (Å²) in [5.74, 6) is 0. The minimum absolute atomic E-state index is 0.181. The maximum Gasteiger partial charge on any atom is 0.418 e. The van der Waals surface area contributed by atoms with Gasteiger partial charge in [-0.15, -0.1) is 0 Å². The van der Waals surface area contributed by atoms with E-state index in [4.69, 9.17) is 5.11 Å². The number of aliphatic hydroxyl groups excluding tert-OH is 1. The minimum Gasteiger partial charge on any atom is -0.392 e. The van der Waals surface area contributed by atoms with E-state index in [9.17, 15) is 13.2 Å². The average Bonchev–Trinajstić information content (AvgIpc) is 2.42. The summed E-state index contributed by atoms with van der Waals surface area (Å²) in [4.78, 5) is 3.74. The van der Waals surface area contributed by atoms with E-state index < -0.39 is 18.3 Å². The molecule has 0 heterocycles. The van der Waals surface area contributed by atoms with Crippen LogP contribution in [0.25, 0.3) is 0 Å². The van der Waals surface area contributed by atoms with Gasteiger partial charge in [0.05, 0.1) is 12.2 Å². The van der Waals surface area contributed by atoms with Gasteiger partial charge in [-0.3, -0.25) is 0 Å². The first kappa shape index (κ1) is 17.8. The van der Waals surface area contributed by atoms with E-state index >= 15 is 0 Å². The highest BCUT2D eigenvalue weighted by molar-refractivity contribution is 5.56. The van der Waals surface area contributed by atoms with Crippen LogP contribution in [0.15, 0.2) is 18.2 Å². The van der Waals surface area contributed by atoms with E-state index in [1.54, 1.807) is 11.0 Å². The van der Waals surface area contributed by atoms with Gasteiger partial charge in [0.25, 0.3) is 0 Å². The van der Waals surface area contributed by atoms with Crippen LogP contribution in [-0.2, 0) is 12.8 Å². The second-order valence-electron chi connectivity index (χ2n) is 5.24. The lowest BCUT2D eigenvalue weighted by atomic mass is 10.1. The highest BCUT2D eigenvalue weighted by atomic mass is 19.4.